The Bertz CT molecular complexity index is 911. The number of pyridine rings is 1. The van der Waals surface area contributed by atoms with Crippen LogP contribution < -0.4 is 9.21 Å². The summed E-state index contributed by atoms with van der Waals surface area (Å²) in [5.74, 6) is 0.690. The maximum atomic E-state index is 13.0. The predicted molar refractivity (Wildman–Crippen MR) is 112 cm³/mol. The van der Waals surface area contributed by atoms with E-state index < -0.39 is 10.0 Å². The van der Waals surface area contributed by atoms with Crippen LogP contribution in [-0.2, 0) is 14.8 Å². The van der Waals surface area contributed by atoms with Gasteiger partial charge in [0.15, 0.2) is 0 Å². The van der Waals surface area contributed by atoms with Crippen LogP contribution in [0.5, 0.6) is 0 Å². The molecule has 1 aromatic carbocycles. The molecule has 2 aromatic rings. The standard InChI is InChI=1S/C20H26N4O4S/c1-3-24(17-8-6-5-7-9-17)29(26,27)18-10-11-19(21-16-18)22-12-14-23(15-13-22)20(25)28-4-2/h5-11,16H,3-4,12-15H2,1-2H3. The maximum Gasteiger partial charge on any atom is 0.409 e. The van der Waals surface area contributed by atoms with Crippen LogP contribution in [-0.4, -0.2) is 63.7 Å². The van der Waals surface area contributed by atoms with Crippen LogP contribution in [0.4, 0.5) is 16.3 Å². The molecule has 1 aromatic heterocycles. The second-order valence-corrected chi connectivity index (χ2v) is 8.39. The third-order valence-corrected chi connectivity index (χ3v) is 6.66. The van der Waals surface area contributed by atoms with Crippen LogP contribution in [0.2, 0.25) is 0 Å². The van der Waals surface area contributed by atoms with Crippen molar-refractivity contribution in [2.24, 2.45) is 0 Å². The molecule has 0 spiro atoms. The Morgan fingerprint density at radius 3 is 2.31 bits per heavy atom. The van der Waals surface area contributed by atoms with Crippen molar-refractivity contribution in [1.29, 1.82) is 0 Å². The first-order valence-corrected chi connectivity index (χ1v) is 11.1. The smallest absolute Gasteiger partial charge is 0.409 e. The monoisotopic (exact) mass is 418 g/mol. The van der Waals surface area contributed by atoms with E-state index in [1.807, 2.05) is 23.1 Å². The van der Waals surface area contributed by atoms with E-state index in [4.69, 9.17) is 4.74 Å². The van der Waals surface area contributed by atoms with E-state index in [9.17, 15) is 13.2 Å². The number of hydrogen-bond donors (Lipinski definition) is 0. The number of sulfonamides is 1. The number of hydrogen-bond acceptors (Lipinski definition) is 6. The topological polar surface area (TPSA) is 83.0 Å². The van der Waals surface area contributed by atoms with Gasteiger partial charge in [0.25, 0.3) is 10.0 Å². The van der Waals surface area contributed by atoms with E-state index in [0.29, 0.717) is 50.8 Å². The third kappa shape index (κ3) is 4.61. The fraction of sp³-hybridized carbons (Fsp3) is 0.400. The normalized spacial score (nSPS) is 14.6. The minimum absolute atomic E-state index is 0.150. The summed E-state index contributed by atoms with van der Waals surface area (Å²) in [6.45, 7) is 6.57. The molecule has 0 unspecified atom stereocenters. The molecular weight excluding hydrogens is 392 g/mol. The number of anilines is 2. The molecule has 0 saturated carbocycles. The minimum atomic E-state index is -3.70. The SMILES string of the molecule is CCOC(=O)N1CCN(c2ccc(S(=O)(=O)N(CC)c3ccccc3)cn2)CC1. The Hall–Kier alpha value is -2.81. The number of ether oxygens (including phenoxy) is 1. The van der Waals surface area contributed by atoms with Crippen LogP contribution in [0.25, 0.3) is 0 Å². The Labute approximate surface area is 171 Å². The molecule has 29 heavy (non-hydrogen) atoms. The van der Waals surface area contributed by atoms with Crippen molar-refractivity contribution in [3.8, 4) is 0 Å². The first kappa shape index (κ1) is 20.9. The molecule has 3 rings (SSSR count). The second-order valence-electron chi connectivity index (χ2n) is 6.53. The first-order chi connectivity index (χ1) is 14.0. The highest BCUT2D eigenvalue weighted by atomic mass is 32.2. The van der Waals surface area contributed by atoms with Gasteiger partial charge in [0.2, 0.25) is 0 Å². The molecule has 0 aliphatic carbocycles. The molecule has 1 aliphatic heterocycles. The fourth-order valence-corrected chi connectivity index (χ4v) is 4.68. The summed E-state index contributed by atoms with van der Waals surface area (Å²) in [7, 11) is -3.70. The van der Waals surface area contributed by atoms with E-state index in [2.05, 4.69) is 4.98 Å². The molecular formula is C20H26N4O4S. The average Bonchev–Trinajstić information content (AvgIpc) is 2.75. The van der Waals surface area contributed by atoms with Gasteiger partial charge < -0.3 is 14.5 Å². The lowest BCUT2D eigenvalue weighted by atomic mass is 10.3. The zero-order valence-corrected chi connectivity index (χ0v) is 17.5. The molecule has 0 atom stereocenters. The van der Waals surface area contributed by atoms with E-state index in [1.54, 1.807) is 43.0 Å². The van der Waals surface area contributed by atoms with Crippen molar-refractivity contribution < 1.29 is 17.9 Å². The Balaban J connectivity index is 1.71. The highest BCUT2D eigenvalue weighted by Gasteiger charge is 2.26. The van der Waals surface area contributed by atoms with Gasteiger partial charge in [-0.1, -0.05) is 18.2 Å². The highest BCUT2D eigenvalue weighted by molar-refractivity contribution is 7.92. The number of nitrogens with zero attached hydrogens (tertiary/aromatic N) is 4. The predicted octanol–water partition coefficient (Wildman–Crippen LogP) is 2.58. The summed E-state index contributed by atoms with van der Waals surface area (Å²) in [6.07, 6.45) is 1.09. The summed E-state index contributed by atoms with van der Waals surface area (Å²) >= 11 is 0. The summed E-state index contributed by atoms with van der Waals surface area (Å²) in [6, 6.07) is 12.3. The Morgan fingerprint density at radius 2 is 1.76 bits per heavy atom. The van der Waals surface area contributed by atoms with Gasteiger partial charge in [-0.15, -0.1) is 0 Å². The van der Waals surface area contributed by atoms with Gasteiger partial charge in [-0.05, 0) is 38.1 Å². The molecule has 1 saturated heterocycles. The zero-order valence-electron chi connectivity index (χ0n) is 16.7. The lowest BCUT2D eigenvalue weighted by molar-refractivity contribution is 0.105. The van der Waals surface area contributed by atoms with Gasteiger partial charge >= 0.3 is 6.09 Å². The summed E-state index contributed by atoms with van der Waals surface area (Å²) < 4.78 is 32.5. The molecule has 0 bridgehead atoms. The molecule has 1 aliphatic rings. The van der Waals surface area contributed by atoms with Crippen LogP contribution in [0.3, 0.4) is 0 Å². The molecule has 8 nitrogen and oxygen atoms in total. The molecule has 1 amide bonds. The van der Waals surface area contributed by atoms with Crippen LogP contribution in [0.15, 0.2) is 53.6 Å². The summed E-state index contributed by atoms with van der Waals surface area (Å²) in [5, 5.41) is 0. The van der Waals surface area contributed by atoms with Crippen molar-refractivity contribution in [3.63, 3.8) is 0 Å². The average molecular weight is 419 g/mol. The van der Waals surface area contributed by atoms with Crippen LogP contribution in [0.1, 0.15) is 13.8 Å². The fourth-order valence-electron chi connectivity index (χ4n) is 3.26. The molecule has 0 radical (unpaired) electrons. The largest absolute Gasteiger partial charge is 0.450 e. The first-order valence-electron chi connectivity index (χ1n) is 9.67. The van der Waals surface area contributed by atoms with Crippen molar-refractivity contribution in [2.75, 3.05) is 48.5 Å². The summed E-state index contributed by atoms with van der Waals surface area (Å²) in [5.41, 5.74) is 0.620. The van der Waals surface area contributed by atoms with Crippen LogP contribution in [0, 0.1) is 0 Å². The van der Waals surface area contributed by atoms with Crippen molar-refractivity contribution in [3.05, 3.63) is 48.7 Å². The number of benzene rings is 1. The highest BCUT2D eigenvalue weighted by Crippen LogP contribution is 2.24. The zero-order chi connectivity index (χ0) is 20.9. The maximum absolute atomic E-state index is 13.0. The molecule has 1 fully saturated rings. The molecule has 2 heterocycles. The number of piperazine rings is 1. The molecule has 156 valence electrons. The summed E-state index contributed by atoms with van der Waals surface area (Å²) in [4.78, 5) is 20.0. The van der Waals surface area contributed by atoms with E-state index in [0.717, 1.165) is 0 Å². The molecule has 9 heteroatoms. The number of amides is 1. The second kappa shape index (κ2) is 9.13. The quantitative estimate of drug-likeness (QED) is 0.717. The number of carbonyl (C=O) groups excluding carboxylic acids is 1. The number of aromatic nitrogens is 1. The molecule has 0 N–H and O–H groups in total. The number of carbonyl (C=O) groups is 1. The van der Waals surface area contributed by atoms with Crippen molar-refractivity contribution in [1.82, 2.24) is 9.88 Å². The third-order valence-electron chi connectivity index (χ3n) is 4.77. The number of para-hydroxylation sites is 1. The van der Waals surface area contributed by atoms with E-state index in [-0.39, 0.29) is 11.0 Å². The van der Waals surface area contributed by atoms with Gasteiger partial charge in [0, 0.05) is 38.9 Å². The van der Waals surface area contributed by atoms with E-state index in [1.165, 1.54) is 10.5 Å². The lowest BCUT2D eigenvalue weighted by Crippen LogP contribution is -2.49. The number of rotatable bonds is 6. The van der Waals surface area contributed by atoms with Gasteiger partial charge in [-0.2, -0.15) is 0 Å². The van der Waals surface area contributed by atoms with Crippen LogP contribution >= 0.6 is 0 Å². The van der Waals surface area contributed by atoms with Crippen molar-refractivity contribution in [2.45, 2.75) is 18.7 Å². The van der Waals surface area contributed by atoms with Crippen molar-refractivity contribution >= 4 is 27.6 Å². The van der Waals surface area contributed by atoms with Gasteiger partial charge in [0.05, 0.1) is 12.3 Å². The Kier molecular flexibility index (Phi) is 6.58. The minimum Gasteiger partial charge on any atom is -0.450 e. The Morgan fingerprint density at radius 1 is 1.07 bits per heavy atom. The van der Waals surface area contributed by atoms with Gasteiger partial charge in [0.1, 0.15) is 10.7 Å². The van der Waals surface area contributed by atoms with E-state index >= 15 is 0 Å². The lowest BCUT2D eigenvalue weighted by Gasteiger charge is -2.34. The van der Waals surface area contributed by atoms with Gasteiger partial charge in [-0.25, -0.2) is 18.2 Å². The van der Waals surface area contributed by atoms with Gasteiger partial charge in [-0.3, -0.25) is 4.31 Å².